The maximum absolute atomic E-state index is 13.2. The third-order valence-electron chi connectivity index (χ3n) is 2.90. The third-order valence-corrected chi connectivity index (χ3v) is 2.90. The number of hydrogen-bond acceptors (Lipinski definition) is 2. The van der Waals surface area contributed by atoms with Crippen molar-refractivity contribution in [3.05, 3.63) is 84.4 Å². The molecule has 22 heavy (non-hydrogen) atoms. The van der Waals surface area contributed by atoms with E-state index in [-0.39, 0.29) is 11.6 Å². The average molecular weight is 298 g/mol. The van der Waals surface area contributed by atoms with Gasteiger partial charge < -0.3 is 9.47 Å². The van der Waals surface area contributed by atoms with Crippen molar-refractivity contribution in [2.24, 2.45) is 0 Å². The van der Waals surface area contributed by atoms with Crippen LogP contribution in [-0.2, 0) is 0 Å². The minimum absolute atomic E-state index is 0.357. The minimum atomic E-state index is -0.388. The molecule has 110 valence electrons. The number of para-hydroxylation sites is 2. The SMILES string of the molecule is Fc1cccc(Oc2ccccc2Oc2cccc(F)c2)c1. The van der Waals surface area contributed by atoms with Gasteiger partial charge in [-0.1, -0.05) is 24.3 Å². The molecule has 0 aliphatic heterocycles. The van der Waals surface area contributed by atoms with Crippen molar-refractivity contribution in [3.8, 4) is 23.0 Å². The highest BCUT2D eigenvalue weighted by atomic mass is 19.1. The highest BCUT2D eigenvalue weighted by molar-refractivity contribution is 5.45. The zero-order chi connectivity index (χ0) is 15.4. The Hall–Kier alpha value is -2.88. The molecule has 0 heterocycles. The van der Waals surface area contributed by atoms with E-state index in [1.807, 2.05) is 0 Å². The lowest BCUT2D eigenvalue weighted by Crippen LogP contribution is -1.91. The van der Waals surface area contributed by atoms with Crippen LogP contribution in [0, 0.1) is 11.6 Å². The second-order valence-corrected chi connectivity index (χ2v) is 4.57. The summed E-state index contributed by atoms with van der Waals surface area (Å²) in [4.78, 5) is 0. The standard InChI is InChI=1S/C18H12F2O2/c19-13-5-3-7-15(11-13)21-17-9-1-2-10-18(17)22-16-8-4-6-14(20)12-16/h1-12H. The van der Waals surface area contributed by atoms with Crippen LogP contribution in [0.5, 0.6) is 23.0 Å². The van der Waals surface area contributed by atoms with E-state index in [1.165, 1.54) is 24.3 Å². The average Bonchev–Trinajstić information content (AvgIpc) is 2.49. The van der Waals surface area contributed by atoms with E-state index in [1.54, 1.807) is 48.5 Å². The lowest BCUT2D eigenvalue weighted by Gasteiger charge is -2.12. The Kier molecular flexibility index (Phi) is 4.01. The number of rotatable bonds is 4. The molecule has 0 fully saturated rings. The molecule has 3 aromatic carbocycles. The third kappa shape index (κ3) is 3.41. The minimum Gasteiger partial charge on any atom is -0.453 e. The second-order valence-electron chi connectivity index (χ2n) is 4.57. The summed E-state index contributed by atoms with van der Waals surface area (Å²) < 4.78 is 37.7. The van der Waals surface area contributed by atoms with Crippen LogP contribution in [0.4, 0.5) is 8.78 Å². The van der Waals surface area contributed by atoms with Gasteiger partial charge in [0.25, 0.3) is 0 Å². The van der Waals surface area contributed by atoms with E-state index in [2.05, 4.69) is 0 Å². The number of halogens is 2. The molecule has 2 nitrogen and oxygen atoms in total. The summed E-state index contributed by atoms with van der Waals surface area (Å²) in [5, 5.41) is 0. The van der Waals surface area contributed by atoms with Gasteiger partial charge in [0.15, 0.2) is 11.5 Å². The predicted octanol–water partition coefficient (Wildman–Crippen LogP) is 5.55. The fourth-order valence-corrected chi connectivity index (χ4v) is 1.93. The molecule has 0 unspecified atom stereocenters. The first kappa shape index (κ1) is 14.1. The fraction of sp³-hybridized carbons (Fsp3) is 0. The maximum atomic E-state index is 13.2. The van der Waals surface area contributed by atoms with Crippen molar-refractivity contribution in [1.29, 1.82) is 0 Å². The maximum Gasteiger partial charge on any atom is 0.169 e. The van der Waals surface area contributed by atoms with Gasteiger partial charge in [-0.3, -0.25) is 0 Å². The zero-order valence-electron chi connectivity index (χ0n) is 11.5. The van der Waals surface area contributed by atoms with Crippen molar-refractivity contribution in [2.75, 3.05) is 0 Å². The molecular formula is C18H12F2O2. The molecule has 0 atom stereocenters. The summed E-state index contributed by atoms with van der Waals surface area (Å²) in [6.45, 7) is 0. The molecule has 0 saturated heterocycles. The molecule has 0 N–H and O–H groups in total. The number of benzene rings is 3. The summed E-state index contributed by atoms with van der Waals surface area (Å²) in [6, 6.07) is 18.5. The second kappa shape index (κ2) is 6.26. The van der Waals surface area contributed by atoms with Gasteiger partial charge in [0.05, 0.1) is 0 Å². The van der Waals surface area contributed by atoms with Crippen molar-refractivity contribution in [2.45, 2.75) is 0 Å². The Morgan fingerprint density at radius 1 is 0.545 bits per heavy atom. The molecule has 4 heteroatoms. The molecule has 3 rings (SSSR count). The predicted molar refractivity (Wildman–Crippen MR) is 79.4 cm³/mol. The van der Waals surface area contributed by atoms with Crippen LogP contribution in [0.15, 0.2) is 72.8 Å². The first-order chi connectivity index (χ1) is 10.7. The molecule has 0 aromatic heterocycles. The van der Waals surface area contributed by atoms with Crippen molar-refractivity contribution < 1.29 is 18.3 Å². The number of hydrogen-bond donors (Lipinski definition) is 0. The van der Waals surface area contributed by atoms with Crippen LogP contribution < -0.4 is 9.47 Å². The summed E-state index contributed by atoms with van der Waals surface area (Å²) in [5.74, 6) is 0.766. The summed E-state index contributed by atoms with van der Waals surface area (Å²) in [7, 11) is 0. The molecule has 0 saturated carbocycles. The van der Waals surface area contributed by atoms with Crippen LogP contribution in [0.1, 0.15) is 0 Å². The fourth-order valence-electron chi connectivity index (χ4n) is 1.93. The van der Waals surface area contributed by atoms with E-state index in [0.29, 0.717) is 23.0 Å². The van der Waals surface area contributed by atoms with E-state index in [4.69, 9.17) is 9.47 Å². The Bertz CT molecular complexity index is 721. The Balaban J connectivity index is 1.86. The topological polar surface area (TPSA) is 18.5 Å². The molecule has 0 radical (unpaired) electrons. The first-order valence-electron chi connectivity index (χ1n) is 6.66. The van der Waals surface area contributed by atoms with Crippen LogP contribution in [-0.4, -0.2) is 0 Å². The van der Waals surface area contributed by atoms with E-state index in [9.17, 15) is 8.78 Å². The number of ether oxygens (including phenoxy) is 2. The van der Waals surface area contributed by atoms with E-state index in [0.717, 1.165) is 0 Å². The van der Waals surface area contributed by atoms with Gasteiger partial charge >= 0.3 is 0 Å². The monoisotopic (exact) mass is 298 g/mol. The largest absolute Gasteiger partial charge is 0.453 e. The van der Waals surface area contributed by atoms with Crippen LogP contribution in [0.25, 0.3) is 0 Å². The Morgan fingerprint density at radius 3 is 1.41 bits per heavy atom. The van der Waals surface area contributed by atoms with Gasteiger partial charge in [-0.2, -0.15) is 0 Å². The molecule has 3 aromatic rings. The lowest BCUT2D eigenvalue weighted by atomic mass is 10.3. The van der Waals surface area contributed by atoms with Gasteiger partial charge in [-0.05, 0) is 36.4 Å². The molecule has 0 spiro atoms. The van der Waals surface area contributed by atoms with Gasteiger partial charge in [0, 0.05) is 12.1 Å². The van der Waals surface area contributed by atoms with Gasteiger partial charge in [-0.25, -0.2) is 8.78 Å². The molecule has 0 bridgehead atoms. The summed E-state index contributed by atoms with van der Waals surface area (Å²) >= 11 is 0. The van der Waals surface area contributed by atoms with Crippen molar-refractivity contribution >= 4 is 0 Å². The van der Waals surface area contributed by atoms with Crippen LogP contribution >= 0.6 is 0 Å². The Labute approximate surface area is 126 Å². The summed E-state index contributed by atoms with van der Waals surface area (Å²) in [6.07, 6.45) is 0. The quantitative estimate of drug-likeness (QED) is 0.628. The first-order valence-corrected chi connectivity index (χ1v) is 6.66. The smallest absolute Gasteiger partial charge is 0.169 e. The van der Waals surface area contributed by atoms with Crippen LogP contribution in [0.2, 0.25) is 0 Å². The highest BCUT2D eigenvalue weighted by Gasteiger charge is 2.08. The van der Waals surface area contributed by atoms with Gasteiger partial charge in [0.2, 0.25) is 0 Å². The highest BCUT2D eigenvalue weighted by Crippen LogP contribution is 2.34. The van der Waals surface area contributed by atoms with Crippen molar-refractivity contribution in [3.63, 3.8) is 0 Å². The molecule has 0 aliphatic carbocycles. The lowest BCUT2D eigenvalue weighted by molar-refractivity contribution is 0.415. The van der Waals surface area contributed by atoms with E-state index < -0.39 is 0 Å². The van der Waals surface area contributed by atoms with Gasteiger partial charge in [0.1, 0.15) is 23.1 Å². The van der Waals surface area contributed by atoms with Crippen molar-refractivity contribution in [1.82, 2.24) is 0 Å². The summed E-state index contributed by atoms with van der Waals surface area (Å²) in [5.41, 5.74) is 0. The van der Waals surface area contributed by atoms with E-state index >= 15 is 0 Å². The molecule has 0 amide bonds. The Morgan fingerprint density at radius 2 is 1.00 bits per heavy atom. The zero-order valence-corrected chi connectivity index (χ0v) is 11.5. The molecule has 0 aliphatic rings. The van der Waals surface area contributed by atoms with Gasteiger partial charge in [-0.15, -0.1) is 0 Å². The normalized spacial score (nSPS) is 10.3. The molecular weight excluding hydrogens is 286 g/mol. The van der Waals surface area contributed by atoms with Crippen LogP contribution in [0.3, 0.4) is 0 Å².